The molecule has 0 bridgehead atoms. The number of ether oxygens (including phenoxy) is 1. The molecule has 0 aromatic heterocycles. The SMILES string of the molecule is CC(C)(C)OC(=O)N1CCCCC1CNCCCN. The lowest BCUT2D eigenvalue weighted by atomic mass is 10.0. The second-order valence-electron chi connectivity index (χ2n) is 6.17. The van der Waals surface area contributed by atoms with Crippen molar-refractivity contribution in [3.05, 3.63) is 0 Å². The molecule has 1 amide bonds. The first-order valence-corrected chi connectivity index (χ1v) is 7.34. The maximum Gasteiger partial charge on any atom is 0.410 e. The number of likely N-dealkylation sites (tertiary alicyclic amines) is 1. The smallest absolute Gasteiger partial charge is 0.410 e. The van der Waals surface area contributed by atoms with Crippen molar-refractivity contribution in [3.8, 4) is 0 Å². The van der Waals surface area contributed by atoms with Crippen LogP contribution < -0.4 is 11.1 Å². The number of nitrogens with zero attached hydrogens (tertiary/aromatic N) is 1. The van der Waals surface area contributed by atoms with Gasteiger partial charge in [0.2, 0.25) is 0 Å². The van der Waals surface area contributed by atoms with Crippen molar-refractivity contribution in [3.63, 3.8) is 0 Å². The predicted octanol–water partition coefficient (Wildman–Crippen LogP) is 1.71. The zero-order valence-electron chi connectivity index (χ0n) is 12.6. The van der Waals surface area contributed by atoms with Crippen molar-refractivity contribution in [1.82, 2.24) is 10.2 Å². The first kappa shape index (κ1) is 16.2. The van der Waals surface area contributed by atoms with Crippen molar-refractivity contribution in [2.24, 2.45) is 5.73 Å². The van der Waals surface area contributed by atoms with Crippen molar-refractivity contribution < 1.29 is 9.53 Å². The lowest BCUT2D eigenvalue weighted by Gasteiger charge is -2.36. The summed E-state index contributed by atoms with van der Waals surface area (Å²) < 4.78 is 5.47. The standard InChI is InChI=1S/C14H29N3O2/c1-14(2,3)19-13(18)17-10-5-4-7-12(17)11-16-9-6-8-15/h12,16H,4-11,15H2,1-3H3. The Labute approximate surface area is 116 Å². The second-order valence-corrected chi connectivity index (χ2v) is 6.17. The fraction of sp³-hybridized carbons (Fsp3) is 0.929. The Hall–Kier alpha value is -0.810. The molecule has 0 aliphatic carbocycles. The summed E-state index contributed by atoms with van der Waals surface area (Å²) in [5.74, 6) is 0. The molecule has 3 N–H and O–H groups in total. The van der Waals surface area contributed by atoms with E-state index < -0.39 is 5.60 Å². The van der Waals surface area contributed by atoms with E-state index in [0.29, 0.717) is 6.54 Å². The average molecular weight is 271 g/mol. The van der Waals surface area contributed by atoms with E-state index in [2.05, 4.69) is 5.32 Å². The van der Waals surface area contributed by atoms with Crippen LogP contribution in [-0.2, 0) is 4.74 Å². The molecule has 5 nitrogen and oxygen atoms in total. The molecule has 5 heteroatoms. The first-order chi connectivity index (χ1) is 8.94. The summed E-state index contributed by atoms with van der Waals surface area (Å²) in [6.45, 7) is 8.97. The monoisotopic (exact) mass is 271 g/mol. The molecule has 1 fully saturated rings. The van der Waals surface area contributed by atoms with Crippen LogP contribution in [0, 0.1) is 0 Å². The van der Waals surface area contributed by atoms with E-state index in [1.165, 1.54) is 6.42 Å². The van der Waals surface area contributed by atoms with E-state index in [9.17, 15) is 4.79 Å². The number of nitrogens with one attached hydrogen (secondary N) is 1. The number of carbonyl (C=O) groups excluding carboxylic acids is 1. The fourth-order valence-corrected chi connectivity index (χ4v) is 2.27. The van der Waals surface area contributed by atoms with E-state index in [4.69, 9.17) is 10.5 Å². The molecule has 0 spiro atoms. The molecular weight excluding hydrogens is 242 g/mol. The summed E-state index contributed by atoms with van der Waals surface area (Å²) in [6.07, 6.45) is 4.09. The molecule has 1 unspecified atom stereocenters. The van der Waals surface area contributed by atoms with Crippen molar-refractivity contribution in [2.75, 3.05) is 26.2 Å². The van der Waals surface area contributed by atoms with Gasteiger partial charge >= 0.3 is 6.09 Å². The van der Waals surface area contributed by atoms with Crippen LogP contribution in [0.4, 0.5) is 4.79 Å². The van der Waals surface area contributed by atoms with Crippen LogP contribution in [0.25, 0.3) is 0 Å². The summed E-state index contributed by atoms with van der Waals surface area (Å²) in [4.78, 5) is 14.0. The Morgan fingerprint density at radius 2 is 2.16 bits per heavy atom. The van der Waals surface area contributed by atoms with Crippen LogP contribution in [0.5, 0.6) is 0 Å². The molecule has 0 aromatic carbocycles. The Bertz CT molecular complexity index is 276. The quantitative estimate of drug-likeness (QED) is 0.747. The largest absolute Gasteiger partial charge is 0.444 e. The highest BCUT2D eigenvalue weighted by atomic mass is 16.6. The maximum atomic E-state index is 12.2. The number of rotatable bonds is 5. The van der Waals surface area contributed by atoms with Gasteiger partial charge in [-0.1, -0.05) is 0 Å². The highest BCUT2D eigenvalue weighted by Crippen LogP contribution is 2.19. The normalized spacial score (nSPS) is 20.4. The summed E-state index contributed by atoms with van der Waals surface area (Å²) in [5.41, 5.74) is 5.04. The molecule has 1 aliphatic rings. The summed E-state index contributed by atoms with van der Waals surface area (Å²) in [5, 5.41) is 3.37. The van der Waals surface area contributed by atoms with Gasteiger partial charge in [-0.15, -0.1) is 0 Å². The molecule has 19 heavy (non-hydrogen) atoms. The predicted molar refractivity (Wildman–Crippen MR) is 77.1 cm³/mol. The van der Waals surface area contributed by atoms with Crippen molar-refractivity contribution >= 4 is 6.09 Å². The number of piperidine rings is 1. The Balaban J connectivity index is 2.45. The van der Waals surface area contributed by atoms with Crippen molar-refractivity contribution in [1.29, 1.82) is 0 Å². The van der Waals surface area contributed by atoms with E-state index in [0.717, 1.165) is 38.9 Å². The number of carbonyl (C=O) groups is 1. The van der Waals surface area contributed by atoms with Crippen LogP contribution in [-0.4, -0.2) is 48.8 Å². The highest BCUT2D eigenvalue weighted by Gasteiger charge is 2.29. The highest BCUT2D eigenvalue weighted by molar-refractivity contribution is 5.68. The van der Waals surface area contributed by atoms with Gasteiger partial charge in [0.15, 0.2) is 0 Å². The van der Waals surface area contributed by atoms with Crippen LogP contribution in [0.3, 0.4) is 0 Å². The van der Waals surface area contributed by atoms with Gasteiger partial charge in [-0.3, -0.25) is 0 Å². The molecular formula is C14H29N3O2. The topological polar surface area (TPSA) is 67.6 Å². The van der Waals surface area contributed by atoms with E-state index in [-0.39, 0.29) is 12.1 Å². The Kier molecular flexibility index (Phi) is 6.58. The third-order valence-electron chi connectivity index (χ3n) is 3.19. The van der Waals surface area contributed by atoms with Gasteiger partial charge in [0, 0.05) is 19.1 Å². The summed E-state index contributed by atoms with van der Waals surface area (Å²) >= 11 is 0. The maximum absolute atomic E-state index is 12.2. The summed E-state index contributed by atoms with van der Waals surface area (Å²) in [6, 6.07) is 0.251. The average Bonchev–Trinajstić information content (AvgIpc) is 2.33. The molecule has 1 rings (SSSR count). The summed E-state index contributed by atoms with van der Waals surface area (Å²) in [7, 11) is 0. The number of nitrogens with two attached hydrogens (primary N) is 1. The minimum absolute atomic E-state index is 0.183. The number of hydrogen-bond donors (Lipinski definition) is 2. The molecule has 1 saturated heterocycles. The molecule has 0 saturated carbocycles. The molecule has 112 valence electrons. The van der Waals surface area contributed by atoms with Crippen LogP contribution in [0.1, 0.15) is 46.5 Å². The van der Waals surface area contributed by atoms with Gasteiger partial charge in [-0.05, 0) is 59.5 Å². The van der Waals surface area contributed by atoms with Gasteiger partial charge < -0.3 is 20.7 Å². The van der Waals surface area contributed by atoms with E-state index in [1.807, 2.05) is 25.7 Å². The number of hydrogen-bond acceptors (Lipinski definition) is 4. The third-order valence-corrected chi connectivity index (χ3v) is 3.19. The van der Waals surface area contributed by atoms with Crippen molar-refractivity contribution in [2.45, 2.75) is 58.1 Å². The van der Waals surface area contributed by atoms with Gasteiger partial charge in [-0.25, -0.2) is 4.79 Å². The van der Waals surface area contributed by atoms with E-state index in [1.54, 1.807) is 0 Å². The molecule has 1 aliphatic heterocycles. The first-order valence-electron chi connectivity index (χ1n) is 7.34. The molecule has 1 heterocycles. The van der Waals surface area contributed by atoms with Gasteiger partial charge in [0.05, 0.1) is 0 Å². The Morgan fingerprint density at radius 3 is 2.79 bits per heavy atom. The molecule has 0 radical (unpaired) electrons. The van der Waals surface area contributed by atoms with Gasteiger partial charge in [0.1, 0.15) is 5.60 Å². The van der Waals surface area contributed by atoms with Crippen LogP contribution in [0.2, 0.25) is 0 Å². The molecule has 0 aromatic rings. The fourth-order valence-electron chi connectivity index (χ4n) is 2.27. The lowest BCUT2D eigenvalue weighted by molar-refractivity contribution is 0.00998. The minimum Gasteiger partial charge on any atom is -0.444 e. The Morgan fingerprint density at radius 1 is 1.42 bits per heavy atom. The molecule has 1 atom stereocenters. The van der Waals surface area contributed by atoms with Gasteiger partial charge in [0.25, 0.3) is 0 Å². The third kappa shape index (κ3) is 6.25. The number of amides is 1. The zero-order chi connectivity index (χ0) is 14.3. The minimum atomic E-state index is -0.425. The van der Waals surface area contributed by atoms with E-state index >= 15 is 0 Å². The van der Waals surface area contributed by atoms with Crippen LogP contribution in [0.15, 0.2) is 0 Å². The van der Waals surface area contributed by atoms with Crippen LogP contribution >= 0.6 is 0 Å². The second kappa shape index (κ2) is 7.70. The van der Waals surface area contributed by atoms with Gasteiger partial charge in [-0.2, -0.15) is 0 Å². The zero-order valence-corrected chi connectivity index (χ0v) is 12.6. The lowest BCUT2D eigenvalue weighted by Crippen LogP contribution is -2.50.